The molecular formula is C21H42O2S. The van der Waals surface area contributed by atoms with E-state index >= 15 is 0 Å². The quantitative estimate of drug-likeness (QED) is 0.261. The molecule has 24 heavy (non-hydrogen) atoms. The SMILES string of the molecule is CCCCCCCCC(CCCCCCCC)CSC(C)C(=O)O. The van der Waals surface area contributed by atoms with E-state index in [0.29, 0.717) is 5.92 Å². The van der Waals surface area contributed by atoms with Crippen LogP contribution in [0.15, 0.2) is 0 Å². The van der Waals surface area contributed by atoms with Crippen molar-refractivity contribution < 1.29 is 9.90 Å². The Morgan fingerprint density at radius 2 is 1.21 bits per heavy atom. The number of carboxylic acids is 1. The number of carboxylic acid groups (broad SMARTS) is 1. The molecule has 0 aliphatic rings. The Morgan fingerprint density at radius 1 is 0.792 bits per heavy atom. The van der Waals surface area contributed by atoms with E-state index in [4.69, 9.17) is 5.11 Å². The standard InChI is InChI=1S/C21H42O2S/c1-4-6-8-10-12-14-16-20(18-24-19(3)21(22)23)17-15-13-11-9-7-5-2/h19-20H,4-18H2,1-3H3,(H,22,23). The van der Waals surface area contributed by atoms with Crippen molar-refractivity contribution in [3.8, 4) is 0 Å². The van der Waals surface area contributed by atoms with Gasteiger partial charge in [0.1, 0.15) is 0 Å². The van der Waals surface area contributed by atoms with Gasteiger partial charge >= 0.3 is 5.97 Å². The Morgan fingerprint density at radius 3 is 1.62 bits per heavy atom. The topological polar surface area (TPSA) is 37.3 Å². The van der Waals surface area contributed by atoms with Crippen molar-refractivity contribution in [2.24, 2.45) is 5.92 Å². The van der Waals surface area contributed by atoms with E-state index in [1.807, 2.05) is 6.92 Å². The molecule has 0 saturated carbocycles. The van der Waals surface area contributed by atoms with Crippen LogP contribution in [0.1, 0.15) is 111 Å². The zero-order valence-electron chi connectivity index (χ0n) is 16.5. The lowest BCUT2D eigenvalue weighted by Crippen LogP contribution is -2.15. The van der Waals surface area contributed by atoms with Gasteiger partial charge in [-0.15, -0.1) is 11.8 Å². The maximum atomic E-state index is 11.0. The first-order valence-electron chi connectivity index (χ1n) is 10.5. The summed E-state index contributed by atoms with van der Waals surface area (Å²) in [4.78, 5) is 11.0. The summed E-state index contributed by atoms with van der Waals surface area (Å²) in [6.07, 6.45) is 18.8. The van der Waals surface area contributed by atoms with Crippen LogP contribution in [0.25, 0.3) is 0 Å². The van der Waals surface area contributed by atoms with Crippen LogP contribution < -0.4 is 0 Å². The molecule has 144 valence electrons. The third-order valence-electron chi connectivity index (χ3n) is 4.86. The van der Waals surface area contributed by atoms with E-state index in [0.717, 1.165) is 5.75 Å². The summed E-state index contributed by atoms with van der Waals surface area (Å²) in [6.45, 7) is 6.34. The zero-order valence-corrected chi connectivity index (χ0v) is 17.3. The molecule has 0 aromatic heterocycles. The lowest BCUT2D eigenvalue weighted by Gasteiger charge is -2.18. The molecule has 0 rings (SSSR count). The van der Waals surface area contributed by atoms with Crippen LogP contribution in [-0.2, 0) is 4.79 Å². The van der Waals surface area contributed by atoms with Crippen LogP contribution in [0.3, 0.4) is 0 Å². The normalized spacial score (nSPS) is 12.7. The van der Waals surface area contributed by atoms with E-state index in [-0.39, 0.29) is 5.25 Å². The Kier molecular flexibility index (Phi) is 17.5. The average Bonchev–Trinajstić information content (AvgIpc) is 2.57. The Labute approximate surface area is 155 Å². The van der Waals surface area contributed by atoms with Crippen molar-refractivity contribution in [1.29, 1.82) is 0 Å². The molecule has 2 nitrogen and oxygen atoms in total. The first kappa shape index (κ1) is 23.8. The molecular weight excluding hydrogens is 316 g/mol. The fourth-order valence-electron chi connectivity index (χ4n) is 3.09. The third kappa shape index (κ3) is 15.4. The highest BCUT2D eigenvalue weighted by molar-refractivity contribution is 8.00. The number of hydrogen-bond acceptors (Lipinski definition) is 2. The predicted octanol–water partition coefficient (Wildman–Crippen LogP) is 7.31. The molecule has 0 aromatic carbocycles. The second-order valence-electron chi connectivity index (χ2n) is 7.29. The molecule has 0 amide bonds. The van der Waals surface area contributed by atoms with Crippen LogP contribution in [0.4, 0.5) is 0 Å². The second-order valence-corrected chi connectivity index (χ2v) is 8.67. The minimum Gasteiger partial charge on any atom is -0.480 e. The summed E-state index contributed by atoms with van der Waals surface area (Å²) in [5.41, 5.74) is 0. The summed E-state index contributed by atoms with van der Waals surface area (Å²) in [7, 11) is 0. The first-order chi connectivity index (χ1) is 11.6. The minimum atomic E-state index is -0.669. The highest BCUT2D eigenvalue weighted by atomic mass is 32.2. The van der Waals surface area contributed by atoms with Gasteiger partial charge in [-0.2, -0.15) is 0 Å². The van der Waals surface area contributed by atoms with Crippen molar-refractivity contribution in [3.63, 3.8) is 0 Å². The molecule has 0 aliphatic carbocycles. The van der Waals surface area contributed by atoms with Gasteiger partial charge in [-0.25, -0.2) is 0 Å². The van der Waals surface area contributed by atoms with E-state index in [2.05, 4.69) is 13.8 Å². The summed E-state index contributed by atoms with van der Waals surface area (Å²) in [5.74, 6) is 1.07. The molecule has 0 spiro atoms. The summed E-state index contributed by atoms with van der Waals surface area (Å²) < 4.78 is 0. The van der Waals surface area contributed by atoms with Crippen LogP contribution in [-0.4, -0.2) is 22.1 Å². The number of hydrogen-bond donors (Lipinski definition) is 1. The molecule has 0 heterocycles. The third-order valence-corrected chi connectivity index (χ3v) is 6.23. The fourth-order valence-corrected chi connectivity index (χ4v) is 4.13. The van der Waals surface area contributed by atoms with Crippen LogP contribution in [0, 0.1) is 5.92 Å². The van der Waals surface area contributed by atoms with Crippen LogP contribution in [0.5, 0.6) is 0 Å². The van der Waals surface area contributed by atoms with Gasteiger partial charge in [0.25, 0.3) is 0 Å². The second kappa shape index (κ2) is 17.6. The molecule has 1 atom stereocenters. The lowest BCUT2D eigenvalue weighted by atomic mass is 9.95. The van der Waals surface area contributed by atoms with Gasteiger partial charge in [0.15, 0.2) is 0 Å². The van der Waals surface area contributed by atoms with Crippen molar-refractivity contribution in [2.45, 2.75) is 116 Å². The molecule has 0 bridgehead atoms. The zero-order chi connectivity index (χ0) is 18.0. The van der Waals surface area contributed by atoms with Crippen molar-refractivity contribution in [2.75, 3.05) is 5.75 Å². The van der Waals surface area contributed by atoms with E-state index < -0.39 is 5.97 Å². The molecule has 0 saturated heterocycles. The lowest BCUT2D eigenvalue weighted by molar-refractivity contribution is -0.136. The van der Waals surface area contributed by atoms with Crippen LogP contribution in [0.2, 0.25) is 0 Å². The van der Waals surface area contributed by atoms with E-state index in [9.17, 15) is 4.79 Å². The van der Waals surface area contributed by atoms with E-state index in [1.165, 1.54) is 89.9 Å². The average molecular weight is 359 g/mol. The van der Waals surface area contributed by atoms with Crippen molar-refractivity contribution >= 4 is 17.7 Å². The van der Waals surface area contributed by atoms with E-state index in [1.54, 1.807) is 11.8 Å². The molecule has 0 fully saturated rings. The Balaban J connectivity index is 3.93. The Hall–Kier alpha value is -0.180. The molecule has 1 unspecified atom stereocenters. The Bertz CT molecular complexity index is 265. The molecule has 0 aromatic rings. The van der Waals surface area contributed by atoms with Crippen LogP contribution >= 0.6 is 11.8 Å². The number of carbonyl (C=O) groups is 1. The van der Waals surface area contributed by atoms with Gasteiger partial charge in [0.05, 0.1) is 5.25 Å². The van der Waals surface area contributed by atoms with Gasteiger partial charge in [-0.05, 0) is 31.4 Å². The number of unbranched alkanes of at least 4 members (excludes halogenated alkanes) is 10. The monoisotopic (exact) mass is 358 g/mol. The minimum absolute atomic E-state index is 0.262. The molecule has 1 N–H and O–H groups in total. The van der Waals surface area contributed by atoms with Gasteiger partial charge in [0.2, 0.25) is 0 Å². The molecule has 0 radical (unpaired) electrons. The number of aliphatic carboxylic acids is 1. The maximum absolute atomic E-state index is 11.0. The van der Waals surface area contributed by atoms with Gasteiger partial charge in [0, 0.05) is 0 Å². The number of thioether (sulfide) groups is 1. The maximum Gasteiger partial charge on any atom is 0.316 e. The molecule has 3 heteroatoms. The number of rotatable bonds is 18. The van der Waals surface area contributed by atoms with Gasteiger partial charge in [-0.3, -0.25) is 4.79 Å². The van der Waals surface area contributed by atoms with Gasteiger partial charge in [-0.1, -0.05) is 90.9 Å². The van der Waals surface area contributed by atoms with Crippen molar-refractivity contribution in [1.82, 2.24) is 0 Å². The summed E-state index contributed by atoms with van der Waals surface area (Å²) in [6, 6.07) is 0. The smallest absolute Gasteiger partial charge is 0.316 e. The highest BCUT2D eigenvalue weighted by Crippen LogP contribution is 2.25. The highest BCUT2D eigenvalue weighted by Gasteiger charge is 2.15. The summed E-state index contributed by atoms with van der Waals surface area (Å²) in [5, 5.41) is 8.80. The van der Waals surface area contributed by atoms with Crippen molar-refractivity contribution in [3.05, 3.63) is 0 Å². The first-order valence-corrected chi connectivity index (χ1v) is 11.5. The largest absolute Gasteiger partial charge is 0.480 e. The fraction of sp³-hybridized carbons (Fsp3) is 0.952. The predicted molar refractivity (Wildman–Crippen MR) is 109 cm³/mol. The molecule has 0 aliphatic heterocycles. The van der Waals surface area contributed by atoms with Gasteiger partial charge < -0.3 is 5.11 Å². The summed E-state index contributed by atoms with van der Waals surface area (Å²) >= 11 is 1.64.